The minimum atomic E-state index is 0.130. The average Bonchev–Trinajstić information content (AvgIpc) is 2.83. The van der Waals surface area contributed by atoms with Crippen LogP contribution in [0.2, 0.25) is 0 Å². The molecule has 172 valence electrons. The third-order valence-corrected chi connectivity index (χ3v) is 5.95. The number of benzene rings is 1. The van der Waals surface area contributed by atoms with Crippen molar-refractivity contribution < 1.29 is 14.3 Å². The van der Waals surface area contributed by atoms with Crippen molar-refractivity contribution >= 4 is 17.6 Å². The summed E-state index contributed by atoms with van der Waals surface area (Å²) in [6, 6.07) is 10.4. The second-order valence-corrected chi connectivity index (χ2v) is 8.01. The van der Waals surface area contributed by atoms with E-state index >= 15 is 0 Å². The number of likely N-dealkylation sites (tertiary alicyclic amines) is 1. The second-order valence-electron chi connectivity index (χ2n) is 8.01. The summed E-state index contributed by atoms with van der Waals surface area (Å²) in [4.78, 5) is 23.6. The van der Waals surface area contributed by atoms with Crippen LogP contribution in [0.15, 0.2) is 35.3 Å². The van der Waals surface area contributed by atoms with Gasteiger partial charge in [-0.1, -0.05) is 18.2 Å². The lowest BCUT2D eigenvalue weighted by Gasteiger charge is -2.37. The molecule has 0 spiro atoms. The van der Waals surface area contributed by atoms with Gasteiger partial charge >= 0.3 is 0 Å². The average molecular weight is 432 g/mol. The summed E-state index contributed by atoms with van der Waals surface area (Å²) >= 11 is 0. The molecule has 1 aromatic carbocycles. The standard InChI is InChI=1S/C23H37N5O3/c1-24-23(28-11-9-21(10-12-28)31-18-6-17-30-2)25-19-22(29)27-15-13-26(14-16-27)20-7-4-3-5-8-20/h3-5,7-8,21H,6,9-19H2,1-2H3,(H,24,25). The van der Waals surface area contributed by atoms with Gasteiger partial charge in [0.2, 0.25) is 5.91 Å². The van der Waals surface area contributed by atoms with Crippen molar-refractivity contribution in [2.75, 3.05) is 78.1 Å². The van der Waals surface area contributed by atoms with Crippen LogP contribution in [0.3, 0.4) is 0 Å². The van der Waals surface area contributed by atoms with E-state index in [1.807, 2.05) is 11.0 Å². The Morgan fingerprint density at radius 3 is 2.39 bits per heavy atom. The molecule has 3 rings (SSSR count). The Balaban J connectivity index is 1.36. The third kappa shape index (κ3) is 7.11. The maximum atomic E-state index is 12.7. The van der Waals surface area contributed by atoms with Gasteiger partial charge in [-0.25, -0.2) is 0 Å². The molecule has 0 radical (unpaired) electrons. The Labute approximate surface area is 186 Å². The molecule has 0 bridgehead atoms. The van der Waals surface area contributed by atoms with Crippen LogP contribution in [0.1, 0.15) is 19.3 Å². The number of guanidine groups is 1. The monoisotopic (exact) mass is 431 g/mol. The molecule has 8 heteroatoms. The molecule has 2 heterocycles. The molecule has 31 heavy (non-hydrogen) atoms. The number of hydrogen-bond donors (Lipinski definition) is 1. The van der Waals surface area contributed by atoms with Crippen LogP contribution >= 0.6 is 0 Å². The van der Waals surface area contributed by atoms with Crippen molar-refractivity contribution in [2.24, 2.45) is 4.99 Å². The maximum Gasteiger partial charge on any atom is 0.242 e. The lowest BCUT2D eigenvalue weighted by Crippen LogP contribution is -2.53. The minimum absolute atomic E-state index is 0.130. The first-order valence-corrected chi connectivity index (χ1v) is 11.3. The fraction of sp³-hybridized carbons (Fsp3) is 0.652. The second kappa shape index (κ2) is 12.5. The van der Waals surface area contributed by atoms with Gasteiger partial charge in [-0.15, -0.1) is 0 Å². The predicted molar refractivity (Wildman–Crippen MR) is 124 cm³/mol. The number of para-hydroxylation sites is 1. The number of nitrogens with one attached hydrogen (secondary N) is 1. The molecule has 0 aromatic heterocycles. The maximum absolute atomic E-state index is 12.7. The van der Waals surface area contributed by atoms with Crippen molar-refractivity contribution in [2.45, 2.75) is 25.4 Å². The summed E-state index contributed by atoms with van der Waals surface area (Å²) in [5, 5.41) is 3.27. The summed E-state index contributed by atoms with van der Waals surface area (Å²) < 4.78 is 11.0. The number of piperidine rings is 1. The van der Waals surface area contributed by atoms with E-state index in [4.69, 9.17) is 9.47 Å². The quantitative estimate of drug-likeness (QED) is 0.382. The normalized spacial score (nSPS) is 18.4. The number of carbonyl (C=O) groups is 1. The zero-order chi connectivity index (χ0) is 21.9. The van der Waals surface area contributed by atoms with Gasteiger partial charge in [-0.3, -0.25) is 9.79 Å². The highest BCUT2D eigenvalue weighted by Gasteiger charge is 2.24. The molecule has 8 nitrogen and oxygen atoms in total. The van der Waals surface area contributed by atoms with E-state index in [0.29, 0.717) is 6.10 Å². The van der Waals surface area contributed by atoms with E-state index < -0.39 is 0 Å². The Morgan fingerprint density at radius 1 is 1.03 bits per heavy atom. The minimum Gasteiger partial charge on any atom is -0.385 e. The van der Waals surface area contributed by atoms with Crippen LogP contribution in [0.5, 0.6) is 0 Å². The van der Waals surface area contributed by atoms with Crippen LogP contribution in [0.25, 0.3) is 0 Å². The molecule has 0 aliphatic carbocycles. The Morgan fingerprint density at radius 2 is 1.74 bits per heavy atom. The Kier molecular flexibility index (Phi) is 9.42. The van der Waals surface area contributed by atoms with Crippen molar-refractivity contribution in [3.63, 3.8) is 0 Å². The molecule has 1 amide bonds. The van der Waals surface area contributed by atoms with E-state index in [9.17, 15) is 4.79 Å². The van der Waals surface area contributed by atoms with Gasteiger partial charge in [-0.2, -0.15) is 0 Å². The van der Waals surface area contributed by atoms with Gasteiger partial charge in [-0.05, 0) is 31.4 Å². The highest BCUT2D eigenvalue weighted by Crippen LogP contribution is 2.16. The zero-order valence-corrected chi connectivity index (χ0v) is 19.0. The van der Waals surface area contributed by atoms with Crippen LogP contribution in [0, 0.1) is 0 Å². The number of aliphatic imine (C=N–C) groups is 1. The van der Waals surface area contributed by atoms with E-state index in [1.165, 1.54) is 5.69 Å². The van der Waals surface area contributed by atoms with Crippen LogP contribution in [-0.2, 0) is 14.3 Å². The predicted octanol–water partition coefficient (Wildman–Crippen LogP) is 1.43. The van der Waals surface area contributed by atoms with Gasteiger partial charge in [0, 0.05) is 72.3 Å². The summed E-state index contributed by atoms with van der Waals surface area (Å²) in [5.74, 6) is 0.930. The largest absolute Gasteiger partial charge is 0.385 e. The van der Waals surface area contributed by atoms with E-state index in [0.717, 1.165) is 77.7 Å². The number of ether oxygens (including phenoxy) is 2. The van der Waals surface area contributed by atoms with E-state index in [1.54, 1.807) is 14.2 Å². The number of methoxy groups -OCH3 is 1. The first-order chi connectivity index (χ1) is 15.2. The fourth-order valence-corrected chi connectivity index (χ4v) is 4.14. The van der Waals surface area contributed by atoms with E-state index in [-0.39, 0.29) is 12.5 Å². The lowest BCUT2D eigenvalue weighted by atomic mass is 10.1. The molecule has 0 unspecified atom stereocenters. The number of rotatable bonds is 8. The smallest absolute Gasteiger partial charge is 0.242 e. The van der Waals surface area contributed by atoms with Gasteiger partial charge in [0.15, 0.2) is 5.96 Å². The highest BCUT2D eigenvalue weighted by atomic mass is 16.5. The molecule has 2 saturated heterocycles. The summed E-state index contributed by atoms with van der Waals surface area (Å²) in [6.45, 7) is 6.77. The fourth-order valence-electron chi connectivity index (χ4n) is 4.14. The summed E-state index contributed by atoms with van der Waals surface area (Å²) in [7, 11) is 3.49. The van der Waals surface area contributed by atoms with Crippen molar-refractivity contribution in [3.8, 4) is 0 Å². The van der Waals surface area contributed by atoms with Crippen LogP contribution in [0.4, 0.5) is 5.69 Å². The van der Waals surface area contributed by atoms with Gasteiger partial charge in [0.1, 0.15) is 0 Å². The molecule has 2 fully saturated rings. The molecule has 1 N–H and O–H groups in total. The van der Waals surface area contributed by atoms with Crippen LogP contribution in [-0.4, -0.2) is 101 Å². The molecule has 1 aromatic rings. The Hall–Kier alpha value is -2.32. The number of piperazine rings is 1. The van der Waals surface area contributed by atoms with Crippen LogP contribution < -0.4 is 10.2 Å². The van der Waals surface area contributed by atoms with Gasteiger partial charge in [0.25, 0.3) is 0 Å². The SMILES string of the molecule is CN=C(NCC(=O)N1CCN(c2ccccc2)CC1)N1CCC(OCCCOC)CC1. The number of anilines is 1. The van der Waals surface area contributed by atoms with Crippen molar-refractivity contribution in [1.29, 1.82) is 0 Å². The van der Waals surface area contributed by atoms with Crippen molar-refractivity contribution in [3.05, 3.63) is 30.3 Å². The van der Waals surface area contributed by atoms with E-state index in [2.05, 4.69) is 44.4 Å². The first kappa shape index (κ1) is 23.3. The molecular weight excluding hydrogens is 394 g/mol. The number of carbonyl (C=O) groups excluding carboxylic acids is 1. The Bertz CT molecular complexity index is 684. The molecule has 0 atom stereocenters. The number of hydrogen-bond acceptors (Lipinski definition) is 5. The highest BCUT2D eigenvalue weighted by molar-refractivity contribution is 5.86. The molecule has 2 aliphatic rings. The van der Waals surface area contributed by atoms with Gasteiger partial charge in [0.05, 0.1) is 12.6 Å². The first-order valence-electron chi connectivity index (χ1n) is 11.3. The summed E-state index contributed by atoms with van der Waals surface area (Å²) in [6.07, 6.45) is 3.18. The third-order valence-electron chi connectivity index (χ3n) is 5.95. The molecule has 2 aliphatic heterocycles. The molecule has 0 saturated carbocycles. The van der Waals surface area contributed by atoms with Gasteiger partial charge < -0.3 is 29.5 Å². The number of amides is 1. The zero-order valence-electron chi connectivity index (χ0n) is 19.0. The molecular formula is C23H37N5O3. The summed E-state index contributed by atoms with van der Waals surface area (Å²) in [5.41, 5.74) is 1.22. The van der Waals surface area contributed by atoms with Crippen molar-refractivity contribution in [1.82, 2.24) is 15.1 Å². The topological polar surface area (TPSA) is 69.6 Å². The number of nitrogens with zero attached hydrogens (tertiary/aromatic N) is 4. The lowest BCUT2D eigenvalue weighted by molar-refractivity contribution is -0.130.